The molecule has 2 N–H and O–H groups in total. The Morgan fingerprint density at radius 2 is 1.96 bits per heavy atom. The van der Waals surface area contributed by atoms with E-state index < -0.39 is 0 Å². The first-order valence-electron chi connectivity index (χ1n) is 7.43. The summed E-state index contributed by atoms with van der Waals surface area (Å²) in [4.78, 5) is 12.9. The highest BCUT2D eigenvalue weighted by Crippen LogP contribution is 2.15. The molecule has 122 valence electrons. The van der Waals surface area contributed by atoms with E-state index in [0.717, 1.165) is 21.9 Å². The summed E-state index contributed by atoms with van der Waals surface area (Å²) in [6.07, 6.45) is 2.03. The van der Waals surface area contributed by atoms with E-state index in [0.29, 0.717) is 18.1 Å². The van der Waals surface area contributed by atoms with Crippen LogP contribution in [-0.2, 0) is 13.0 Å². The molecule has 0 aliphatic carbocycles. The largest absolute Gasteiger partial charge is 0.467 e. The fourth-order valence-corrected chi connectivity index (χ4v) is 3.03. The number of thiocarbonyl (C=S) groups is 1. The van der Waals surface area contributed by atoms with Crippen molar-refractivity contribution in [3.8, 4) is 0 Å². The molecule has 4 nitrogen and oxygen atoms in total. The highest BCUT2D eigenvalue weighted by Gasteiger charge is 2.08. The summed E-state index contributed by atoms with van der Waals surface area (Å²) in [6, 6.07) is 15.2. The van der Waals surface area contributed by atoms with E-state index in [1.807, 2.05) is 53.9 Å². The van der Waals surface area contributed by atoms with Gasteiger partial charge >= 0.3 is 0 Å². The predicted molar refractivity (Wildman–Crippen MR) is 101 cm³/mol. The molecule has 0 aliphatic rings. The summed E-state index contributed by atoms with van der Waals surface area (Å²) < 4.78 is 5.24. The van der Waals surface area contributed by atoms with Gasteiger partial charge in [-0.15, -0.1) is 11.3 Å². The Kier molecular flexibility index (Phi) is 5.40. The quantitative estimate of drug-likeness (QED) is 0.511. The zero-order valence-corrected chi connectivity index (χ0v) is 14.5. The average molecular weight is 356 g/mol. The minimum absolute atomic E-state index is 0.140. The molecule has 0 fully saturated rings. The second-order valence-electron chi connectivity index (χ2n) is 5.16. The van der Waals surface area contributed by atoms with Crippen molar-refractivity contribution in [1.82, 2.24) is 5.32 Å². The number of benzene rings is 1. The molecule has 0 radical (unpaired) electrons. The van der Waals surface area contributed by atoms with Crippen LogP contribution in [0.5, 0.6) is 0 Å². The van der Waals surface area contributed by atoms with Crippen LogP contribution < -0.4 is 10.6 Å². The summed E-state index contributed by atoms with van der Waals surface area (Å²) in [5.74, 6) is 0.961. The van der Waals surface area contributed by atoms with E-state index >= 15 is 0 Å². The fraction of sp³-hybridized carbons (Fsp3) is 0.111. The molecule has 1 aromatic carbocycles. The SMILES string of the molecule is O=C(Cc1ccc(NC(=S)NCc2ccco2)cc1)c1cccs1. The van der Waals surface area contributed by atoms with Gasteiger partial charge in [-0.05, 0) is 53.5 Å². The van der Waals surface area contributed by atoms with Crippen molar-refractivity contribution < 1.29 is 9.21 Å². The topological polar surface area (TPSA) is 54.3 Å². The van der Waals surface area contributed by atoms with E-state index in [1.54, 1.807) is 6.26 Å². The first-order valence-corrected chi connectivity index (χ1v) is 8.72. The van der Waals surface area contributed by atoms with E-state index in [2.05, 4.69) is 10.6 Å². The molecule has 3 aromatic rings. The average Bonchev–Trinajstić information content (AvgIpc) is 3.28. The van der Waals surface area contributed by atoms with Crippen LogP contribution in [0.4, 0.5) is 5.69 Å². The van der Waals surface area contributed by atoms with Gasteiger partial charge in [0, 0.05) is 12.1 Å². The van der Waals surface area contributed by atoms with Crippen molar-refractivity contribution in [3.05, 3.63) is 76.4 Å². The number of carbonyl (C=O) groups excluding carboxylic acids is 1. The molecule has 0 saturated heterocycles. The monoisotopic (exact) mass is 356 g/mol. The van der Waals surface area contributed by atoms with Crippen LogP contribution in [0.15, 0.2) is 64.6 Å². The summed E-state index contributed by atoms with van der Waals surface area (Å²) in [5.41, 5.74) is 1.85. The lowest BCUT2D eigenvalue weighted by Gasteiger charge is -2.10. The van der Waals surface area contributed by atoms with Crippen molar-refractivity contribution >= 4 is 40.1 Å². The number of furan rings is 1. The van der Waals surface area contributed by atoms with Gasteiger partial charge in [0.25, 0.3) is 0 Å². The number of rotatable bonds is 6. The summed E-state index contributed by atoms with van der Waals surface area (Å²) in [5, 5.41) is 8.62. The maximum Gasteiger partial charge on any atom is 0.177 e. The normalized spacial score (nSPS) is 10.3. The number of hydrogen-bond acceptors (Lipinski definition) is 4. The fourth-order valence-electron chi connectivity index (χ4n) is 2.17. The summed E-state index contributed by atoms with van der Waals surface area (Å²) in [7, 11) is 0. The van der Waals surface area contributed by atoms with Crippen LogP contribution in [0.2, 0.25) is 0 Å². The third kappa shape index (κ3) is 4.53. The van der Waals surface area contributed by atoms with Gasteiger partial charge in [-0.25, -0.2) is 0 Å². The smallest absolute Gasteiger partial charge is 0.177 e. The second kappa shape index (κ2) is 7.90. The maximum atomic E-state index is 12.1. The van der Waals surface area contributed by atoms with Crippen LogP contribution in [0, 0.1) is 0 Å². The van der Waals surface area contributed by atoms with E-state index in [9.17, 15) is 4.79 Å². The van der Waals surface area contributed by atoms with Gasteiger partial charge in [0.15, 0.2) is 10.9 Å². The number of thiophene rings is 1. The molecule has 0 bridgehead atoms. The molecule has 24 heavy (non-hydrogen) atoms. The van der Waals surface area contributed by atoms with Crippen LogP contribution in [0.3, 0.4) is 0 Å². The molecule has 0 spiro atoms. The number of Topliss-reactive ketones (excluding diaryl/α,β-unsaturated/α-hetero) is 1. The van der Waals surface area contributed by atoms with Crippen molar-refractivity contribution in [3.63, 3.8) is 0 Å². The standard InChI is InChI=1S/C18H16N2O2S2/c21-16(17-4-2-10-24-17)11-13-5-7-14(8-6-13)20-18(23)19-12-15-3-1-9-22-15/h1-10H,11-12H2,(H2,19,20,23). The zero-order valence-electron chi connectivity index (χ0n) is 12.8. The molecular formula is C18H16N2O2S2. The van der Waals surface area contributed by atoms with Crippen molar-refractivity contribution in [2.75, 3.05) is 5.32 Å². The molecular weight excluding hydrogens is 340 g/mol. The number of hydrogen-bond donors (Lipinski definition) is 2. The highest BCUT2D eigenvalue weighted by molar-refractivity contribution is 7.80. The lowest BCUT2D eigenvalue weighted by atomic mass is 10.1. The third-order valence-electron chi connectivity index (χ3n) is 3.38. The minimum atomic E-state index is 0.140. The molecule has 3 rings (SSSR count). The molecule has 2 heterocycles. The summed E-state index contributed by atoms with van der Waals surface area (Å²) >= 11 is 6.72. The Balaban J connectivity index is 1.50. The maximum absolute atomic E-state index is 12.1. The van der Waals surface area contributed by atoms with Crippen molar-refractivity contribution in [1.29, 1.82) is 0 Å². The van der Waals surface area contributed by atoms with Crippen LogP contribution in [0.25, 0.3) is 0 Å². The van der Waals surface area contributed by atoms with Crippen molar-refractivity contribution in [2.24, 2.45) is 0 Å². The Morgan fingerprint density at radius 3 is 2.62 bits per heavy atom. The van der Waals surface area contributed by atoms with Crippen LogP contribution in [0.1, 0.15) is 21.0 Å². The number of nitrogens with one attached hydrogen (secondary N) is 2. The second-order valence-corrected chi connectivity index (χ2v) is 6.52. The van der Waals surface area contributed by atoms with Gasteiger partial charge in [-0.2, -0.15) is 0 Å². The Hall–Kier alpha value is -2.44. The lowest BCUT2D eigenvalue weighted by Crippen LogP contribution is -2.27. The number of ketones is 1. The molecule has 0 unspecified atom stereocenters. The number of anilines is 1. The molecule has 2 aromatic heterocycles. The van der Waals surface area contributed by atoms with E-state index in [4.69, 9.17) is 16.6 Å². The predicted octanol–water partition coefficient (Wildman–Crippen LogP) is 4.25. The molecule has 0 amide bonds. The Bertz CT molecular complexity index is 794. The first kappa shape index (κ1) is 16.4. The van der Waals surface area contributed by atoms with Crippen molar-refractivity contribution in [2.45, 2.75) is 13.0 Å². The van der Waals surface area contributed by atoms with Gasteiger partial charge in [0.1, 0.15) is 5.76 Å². The van der Waals surface area contributed by atoms with E-state index in [-0.39, 0.29) is 5.78 Å². The molecule has 6 heteroatoms. The minimum Gasteiger partial charge on any atom is -0.467 e. The number of carbonyl (C=O) groups is 1. The van der Waals surface area contributed by atoms with Gasteiger partial charge < -0.3 is 15.1 Å². The van der Waals surface area contributed by atoms with Gasteiger partial charge in [0.2, 0.25) is 0 Å². The zero-order chi connectivity index (χ0) is 16.8. The Morgan fingerprint density at radius 1 is 1.12 bits per heavy atom. The molecule has 0 saturated carbocycles. The molecule has 0 aliphatic heterocycles. The lowest BCUT2D eigenvalue weighted by molar-refractivity contribution is 0.0997. The molecule has 0 atom stereocenters. The van der Waals surface area contributed by atoms with Gasteiger partial charge in [0.05, 0.1) is 17.7 Å². The van der Waals surface area contributed by atoms with Gasteiger partial charge in [-0.1, -0.05) is 18.2 Å². The first-order chi connectivity index (χ1) is 11.7. The van der Waals surface area contributed by atoms with E-state index in [1.165, 1.54) is 11.3 Å². The van der Waals surface area contributed by atoms with Crippen LogP contribution >= 0.6 is 23.6 Å². The highest BCUT2D eigenvalue weighted by atomic mass is 32.1. The summed E-state index contributed by atoms with van der Waals surface area (Å²) in [6.45, 7) is 0.534. The Labute approximate surface area is 149 Å². The van der Waals surface area contributed by atoms with Gasteiger partial charge in [-0.3, -0.25) is 4.79 Å². The third-order valence-corrected chi connectivity index (χ3v) is 4.53. The van der Waals surface area contributed by atoms with Crippen LogP contribution in [-0.4, -0.2) is 10.9 Å².